The standard InChI is InChI=1S/C17H16BrN3O4/c1-3-24-14(22)13-7-10-6-11(18)4-5-12(10)21(13)17(8-9(17)2)15-19-16(23)25-20-15/h4-7,9H,3,8H2,1-2H3,(H,19,20,23)/t9-,17-/m0/s1. The van der Waals surface area contributed by atoms with Gasteiger partial charge in [0.15, 0.2) is 5.82 Å². The Morgan fingerprint density at radius 2 is 2.28 bits per heavy atom. The van der Waals surface area contributed by atoms with Crippen LogP contribution in [0.5, 0.6) is 0 Å². The van der Waals surface area contributed by atoms with Crippen molar-refractivity contribution in [1.29, 1.82) is 0 Å². The molecule has 7 nitrogen and oxygen atoms in total. The lowest BCUT2D eigenvalue weighted by molar-refractivity contribution is 0.0511. The molecule has 130 valence electrons. The average molecular weight is 406 g/mol. The summed E-state index contributed by atoms with van der Waals surface area (Å²) in [5.41, 5.74) is 0.687. The van der Waals surface area contributed by atoms with Crippen molar-refractivity contribution >= 4 is 32.8 Å². The molecule has 0 amide bonds. The molecule has 1 fully saturated rings. The smallest absolute Gasteiger partial charge is 0.438 e. The summed E-state index contributed by atoms with van der Waals surface area (Å²) in [6, 6.07) is 7.61. The predicted octanol–water partition coefficient (Wildman–Crippen LogP) is 3.04. The molecule has 4 rings (SSSR count). The van der Waals surface area contributed by atoms with Gasteiger partial charge in [-0.3, -0.25) is 9.51 Å². The Bertz CT molecular complexity index is 1030. The number of rotatable bonds is 4. The van der Waals surface area contributed by atoms with Crippen molar-refractivity contribution in [2.45, 2.75) is 25.8 Å². The van der Waals surface area contributed by atoms with Crippen molar-refractivity contribution < 1.29 is 14.1 Å². The fraction of sp³-hybridized carbons (Fsp3) is 0.353. The summed E-state index contributed by atoms with van der Waals surface area (Å²) in [6.07, 6.45) is 0.738. The van der Waals surface area contributed by atoms with Crippen molar-refractivity contribution in [3.8, 4) is 0 Å². The predicted molar refractivity (Wildman–Crippen MR) is 93.6 cm³/mol. The molecule has 1 aliphatic rings. The molecule has 0 saturated heterocycles. The van der Waals surface area contributed by atoms with E-state index in [4.69, 9.17) is 9.26 Å². The van der Waals surface area contributed by atoms with Gasteiger partial charge in [-0.05, 0) is 43.5 Å². The van der Waals surface area contributed by atoms with E-state index in [1.807, 2.05) is 35.8 Å². The van der Waals surface area contributed by atoms with Crippen LogP contribution in [-0.2, 0) is 10.3 Å². The van der Waals surface area contributed by atoms with Crippen LogP contribution in [0.1, 0.15) is 36.6 Å². The second kappa shape index (κ2) is 5.59. The summed E-state index contributed by atoms with van der Waals surface area (Å²) < 4.78 is 12.8. The van der Waals surface area contributed by atoms with Crippen LogP contribution in [0.25, 0.3) is 10.9 Å². The lowest BCUT2D eigenvalue weighted by atomic mass is 10.1. The molecule has 1 aliphatic carbocycles. The number of aromatic amines is 1. The maximum Gasteiger partial charge on any atom is 0.438 e. The number of H-pyrrole nitrogens is 1. The second-order valence-corrected chi connectivity index (χ2v) is 7.18. The fourth-order valence-electron chi connectivity index (χ4n) is 3.54. The number of carbonyl (C=O) groups excluding carboxylic acids is 1. The highest BCUT2D eigenvalue weighted by Gasteiger charge is 2.59. The number of nitrogens with zero attached hydrogens (tertiary/aromatic N) is 2. The Labute approximate surface area is 151 Å². The molecule has 0 aliphatic heterocycles. The van der Waals surface area contributed by atoms with Gasteiger partial charge in [-0.1, -0.05) is 28.0 Å². The van der Waals surface area contributed by atoms with E-state index in [1.165, 1.54) is 0 Å². The van der Waals surface area contributed by atoms with Gasteiger partial charge in [-0.15, -0.1) is 0 Å². The molecule has 1 saturated carbocycles. The zero-order chi connectivity index (χ0) is 17.8. The van der Waals surface area contributed by atoms with Crippen molar-refractivity contribution in [2.75, 3.05) is 6.61 Å². The second-order valence-electron chi connectivity index (χ2n) is 6.26. The van der Waals surface area contributed by atoms with E-state index in [2.05, 4.69) is 26.1 Å². The van der Waals surface area contributed by atoms with E-state index in [1.54, 1.807) is 6.92 Å². The average Bonchev–Trinajstić information content (AvgIpc) is 2.93. The van der Waals surface area contributed by atoms with Crippen LogP contribution in [0.15, 0.2) is 38.1 Å². The number of fused-ring (bicyclic) bond motifs is 1. The van der Waals surface area contributed by atoms with Gasteiger partial charge in [0.25, 0.3) is 0 Å². The monoisotopic (exact) mass is 405 g/mol. The SMILES string of the molecule is CCOC(=O)c1cc2cc(Br)ccc2n1[C@@]1(c2noc(=O)[nH]2)C[C@@H]1C. The van der Waals surface area contributed by atoms with E-state index in [-0.39, 0.29) is 12.5 Å². The summed E-state index contributed by atoms with van der Waals surface area (Å²) in [4.78, 5) is 26.7. The Hall–Kier alpha value is -2.35. The third-order valence-electron chi connectivity index (χ3n) is 4.77. The number of hydrogen-bond acceptors (Lipinski definition) is 5. The van der Waals surface area contributed by atoms with Gasteiger partial charge in [0.1, 0.15) is 11.2 Å². The molecule has 0 bridgehead atoms. The maximum atomic E-state index is 12.6. The van der Waals surface area contributed by atoms with Crippen LogP contribution in [0.4, 0.5) is 0 Å². The summed E-state index contributed by atoms with van der Waals surface area (Å²) in [6.45, 7) is 4.10. The van der Waals surface area contributed by atoms with Crippen molar-refractivity contribution in [3.05, 3.63) is 50.8 Å². The molecule has 1 N–H and O–H groups in total. The molecule has 2 aromatic heterocycles. The number of benzene rings is 1. The molecule has 8 heteroatoms. The fourth-order valence-corrected chi connectivity index (χ4v) is 3.92. The van der Waals surface area contributed by atoms with Crippen LogP contribution in [0, 0.1) is 5.92 Å². The number of aromatic nitrogens is 3. The van der Waals surface area contributed by atoms with Gasteiger partial charge < -0.3 is 9.30 Å². The third-order valence-corrected chi connectivity index (χ3v) is 5.26. The van der Waals surface area contributed by atoms with Gasteiger partial charge >= 0.3 is 11.7 Å². The first-order valence-electron chi connectivity index (χ1n) is 8.02. The highest BCUT2D eigenvalue weighted by Crippen LogP contribution is 2.55. The highest BCUT2D eigenvalue weighted by atomic mass is 79.9. The molecule has 0 spiro atoms. The summed E-state index contributed by atoms with van der Waals surface area (Å²) in [5, 5.41) is 4.81. The number of esters is 1. The van der Waals surface area contributed by atoms with E-state index >= 15 is 0 Å². The molecule has 25 heavy (non-hydrogen) atoms. The normalized spacial score (nSPS) is 22.3. The molecule has 2 heterocycles. The molecular formula is C17H16BrN3O4. The van der Waals surface area contributed by atoms with E-state index in [9.17, 15) is 9.59 Å². The first kappa shape index (κ1) is 16.1. The summed E-state index contributed by atoms with van der Waals surface area (Å²) in [7, 11) is 0. The molecule has 0 radical (unpaired) electrons. The molecule has 0 unspecified atom stereocenters. The van der Waals surface area contributed by atoms with E-state index in [0.717, 1.165) is 21.8 Å². The number of nitrogens with one attached hydrogen (secondary N) is 1. The number of ether oxygens (including phenoxy) is 1. The van der Waals surface area contributed by atoms with Gasteiger partial charge in [-0.2, -0.15) is 0 Å². The molecule has 3 aromatic rings. The van der Waals surface area contributed by atoms with Crippen LogP contribution in [-0.4, -0.2) is 27.3 Å². The first-order chi connectivity index (χ1) is 12.0. The Kier molecular flexibility index (Phi) is 3.61. The summed E-state index contributed by atoms with van der Waals surface area (Å²) in [5.74, 6) is -0.402. The van der Waals surface area contributed by atoms with Crippen LogP contribution in [0.2, 0.25) is 0 Å². The minimum atomic E-state index is -0.621. The Morgan fingerprint density at radius 3 is 2.88 bits per heavy atom. The maximum absolute atomic E-state index is 12.6. The first-order valence-corrected chi connectivity index (χ1v) is 8.81. The van der Waals surface area contributed by atoms with E-state index in [0.29, 0.717) is 11.5 Å². The zero-order valence-corrected chi connectivity index (χ0v) is 15.3. The quantitative estimate of drug-likeness (QED) is 0.673. The number of hydrogen-bond donors (Lipinski definition) is 1. The minimum Gasteiger partial charge on any atom is -0.461 e. The minimum absolute atomic E-state index is 0.181. The largest absolute Gasteiger partial charge is 0.461 e. The molecule has 1 aromatic carbocycles. The van der Waals surface area contributed by atoms with Crippen molar-refractivity contribution in [1.82, 2.24) is 14.7 Å². The molecular weight excluding hydrogens is 390 g/mol. The van der Waals surface area contributed by atoms with Gasteiger partial charge in [0, 0.05) is 15.4 Å². The topological polar surface area (TPSA) is 90.1 Å². The summed E-state index contributed by atoms with van der Waals surface area (Å²) >= 11 is 3.46. The Morgan fingerprint density at radius 1 is 1.52 bits per heavy atom. The number of carbonyl (C=O) groups is 1. The van der Waals surface area contributed by atoms with Gasteiger partial charge in [0.2, 0.25) is 0 Å². The van der Waals surface area contributed by atoms with Gasteiger partial charge in [0.05, 0.1) is 6.61 Å². The zero-order valence-electron chi connectivity index (χ0n) is 13.7. The van der Waals surface area contributed by atoms with Crippen LogP contribution < -0.4 is 5.76 Å². The third kappa shape index (κ3) is 2.35. The molecule has 2 atom stereocenters. The lowest BCUT2D eigenvalue weighted by Gasteiger charge is -2.20. The number of halogens is 1. The van der Waals surface area contributed by atoms with Gasteiger partial charge in [-0.25, -0.2) is 9.59 Å². The van der Waals surface area contributed by atoms with Crippen LogP contribution in [0.3, 0.4) is 0 Å². The Balaban J connectivity index is 2.00. The highest BCUT2D eigenvalue weighted by molar-refractivity contribution is 9.10. The van der Waals surface area contributed by atoms with Crippen molar-refractivity contribution in [2.24, 2.45) is 5.92 Å². The van der Waals surface area contributed by atoms with Crippen LogP contribution >= 0.6 is 15.9 Å². The van der Waals surface area contributed by atoms with Crippen molar-refractivity contribution in [3.63, 3.8) is 0 Å². The van der Waals surface area contributed by atoms with E-state index < -0.39 is 17.3 Å². The lowest BCUT2D eigenvalue weighted by Crippen LogP contribution is -2.27.